The van der Waals surface area contributed by atoms with Gasteiger partial charge < -0.3 is 14.8 Å². The van der Waals surface area contributed by atoms with Gasteiger partial charge in [-0.3, -0.25) is 9.69 Å². The number of nitrogens with zero attached hydrogens (tertiary/aromatic N) is 1. The molecule has 0 unspecified atom stereocenters. The molecule has 1 aromatic heterocycles. The maximum atomic E-state index is 13.9. The molecule has 0 aliphatic carbocycles. The van der Waals surface area contributed by atoms with Crippen molar-refractivity contribution in [2.45, 2.75) is 37.7 Å². The van der Waals surface area contributed by atoms with Crippen molar-refractivity contribution < 1.29 is 41.0 Å². The van der Waals surface area contributed by atoms with E-state index in [4.69, 9.17) is 21.4 Å². The monoisotopic (exact) mass is 562 g/mol. The Morgan fingerprint density at radius 2 is 1.79 bits per heavy atom. The molecule has 206 valence electrons. The van der Waals surface area contributed by atoms with Crippen LogP contribution in [0, 0.1) is 0 Å². The number of rotatable bonds is 12. The first-order valence-electron chi connectivity index (χ1n) is 11.5. The van der Waals surface area contributed by atoms with E-state index in [-0.39, 0.29) is 43.8 Å². The zero-order chi connectivity index (χ0) is 27.9. The zero-order valence-corrected chi connectivity index (χ0v) is 20.7. The van der Waals surface area contributed by atoms with Crippen molar-refractivity contribution in [3.8, 4) is 5.75 Å². The standard InChI is InChI=1S/C26H25ClF6N2O3/c27-24-18(6-2-8-20(24)25(28,29)30)15-35(16-21(26(31,32)33)22-9-3-10-34-22)11-4-12-38-19-7-1-5-17(13-19)14-23(36)37/h1-3,5-10,13,21,34H,4,11-12,14-16H2,(H,36,37)/t21-/m0/s1. The maximum Gasteiger partial charge on any atom is 0.417 e. The number of hydrogen-bond donors (Lipinski definition) is 2. The normalized spacial score (nSPS) is 13.1. The first-order chi connectivity index (χ1) is 17.8. The van der Waals surface area contributed by atoms with Gasteiger partial charge in [0.05, 0.1) is 23.6 Å². The third-order valence-electron chi connectivity index (χ3n) is 5.75. The van der Waals surface area contributed by atoms with Gasteiger partial charge in [0.2, 0.25) is 0 Å². The summed E-state index contributed by atoms with van der Waals surface area (Å²) in [6, 6.07) is 12.5. The van der Waals surface area contributed by atoms with E-state index < -0.39 is 41.4 Å². The molecule has 0 fully saturated rings. The van der Waals surface area contributed by atoms with Crippen molar-refractivity contribution in [3.05, 3.63) is 88.2 Å². The van der Waals surface area contributed by atoms with Gasteiger partial charge in [-0.2, -0.15) is 26.3 Å². The molecule has 38 heavy (non-hydrogen) atoms. The Morgan fingerprint density at radius 1 is 1.05 bits per heavy atom. The largest absolute Gasteiger partial charge is 0.494 e. The number of carbonyl (C=O) groups is 1. The number of ether oxygens (including phenoxy) is 1. The number of hydrogen-bond acceptors (Lipinski definition) is 3. The molecular weight excluding hydrogens is 538 g/mol. The Labute approximate surface area is 220 Å². The van der Waals surface area contributed by atoms with Crippen LogP contribution < -0.4 is 4.74 Å². The molecule has 0 aliphatic rings. The molecule has 3 rings (SSSR count). The molecule has 2 N–H and O–H groups in total. The van der Waals surface area contributed by atoms with Gasteiger partial charge in [-0.25, -0.2) is 0 Å². The van der Waals surface area contributed by atoms with Crippen LogP contribution in [0.15, 0.2) is 60.8 Å². The van der Waals surface area contributed by atoms with E-state index in [2.05, 4.69) is 4.98 Å². The predicted octanol–water partition coefficient (Wildman–Crippen LogP) is 6.93. The van der Waals surface area contributed by atoms with E-state index in [1.54, 1.807) is 24.3 Å². The van der Waals surface area contributed by atoms with Crippen LogP contribution in [0.2, 0.25) is 5.02 Å². The van der Waals surface area contributed by atoms with E-state index in [0.717, 1.165) is 6.07 Å². The highest BCUT2D eigenvalue weighted by Crippen LogP contribution is 2.38. The molecule has 0 spiro atoms. The number of nitrogens with one attached hydrogen (secondary N) is 1. The van der Waals surface area contributed by atoms with Gasteiger partial charge >= 0.3 is 18.3 Å². The Kier molecular flexibility index (Phi) is 9.72. The lowest BCUT2D eigenvalue weighted by molar-refractivity contribution is -0.155. The number of carboxylic acids is 1. The summed E-state index contributed by atoms with van der Waals surface area (Å²) in [4.78, 5) is 14.9. The highest BCUT2D eigenvalue weighted by molar-refractivity contribution is 6.32. The van der Waals surface area contributed by atoms with Crippen molar-refractivity contribution >= 4 is 17.6 Å². The minimum absolute atomic E-state index is 0.0520. The van der Waals surface area contributed by atoms with Gasteiger partial charge in [0.1, 0.15) is 11.7 Å². The van der Waals surface area contributed by atoms with E-state index >= 15 is 0 Å². The number of alkyl halides is 6. The van der Waals surface area contributed by atoms with Crippen LogP contribution in [-0.2, 0) is 23.9 Å². The van der Waals surface area contributed by atoms with Crippen LogP contribution in [0.25, 0.3) is 0 Å². The third-order valence-corrected chi connectivity index (χ3v) is 6.20. The molecule has 5 nitrogen and oxygen atoms in total. The zero-order valence-electron chi connectivity index (χ0n) is 20.0. The highest BCUT2D eigenvalue weighted by Gasteiger charge is 2.42. The predicted molar refractivity (Wildman–Crippen MR) is 129 cm³/mol. The SMILES string of the molecule is O=C(O)Cc1cccc(OCCCN(Cc2cccc(C(F)(F)F)c2Cl)C[C@@H](c2ccc[nH]2)C(F)(F)F)c1. The number of H-pyrrole nitrogens is 1. The Morgan fingerprint density at radius 3 is 2.42 bits per heavy atom. The van der Waals surface area contributed by atoms with E-state index in [1.165, 1.54) is 35.4 Å². The fraction of sp³-hybridized carbons (Fsp3) is 0.346. The summed E-state index contributed by atoms with van der Waals surface area (Å²) in [6.07, 6.45) is -7.90. The molecule has 0 saturated carbocycles. The third kappa shape index (κ3) is 8.42. The topological polar surface area (TPSA) is 65.6 Å². The minimum Gasteiger partial charge on any atom is -0.494 e. The summed E-state index contributed by atoms with van der Waals surface area (Å²) >= 11 is 6.01. The summed E-state index contributed by atoms with van der Waals surface area (Å²) in [5.41, 5.74) is -0.548. The Bertz CT molecular complexity index is 1200. The summed E-state index contributed by atoms with van der Waals surface area (Å²) in [7, 11) is 0. The minimum atomic E-state index is -4.71. The second-order valence-electron chi connectivity index (χ2n) is 8.65. The lowest BCUT2D eigenvalue weighted by Gasteiger charge is -2.29. The highest BCUT2D eigenvalue weighted by atomic mass is 35.5. The van der Waals surface area contributed by atoms with Crippen LogP contribution in [0.5, 0.6) is 5.75 Å². The second-order valence-corrected chi connectivity index (χ2v) is 9.03. The summed E-state index contributed by atoms with van der Waals surface area (Å²) < 4.78 is 87.4. The second kappa shape index (κ2) is 12.6. The molecule has 0 bridgehead atoms. The number of aliphatic carboxylic acids is 1. The Hall–Kier alpha value is -3.18. The van der Waals surface area contributed by atoms with Gasteiger partial charge in [0, 0.05) is 31.5 Å². The molecular formula is C26H25ClF6N2O3. The van der Waals surface area contributed by atoms with E-state index in [9.17, 15) is 31.1 Å². The smallest absolute Gasteiger partial charge is 0.417 e. The van der Waals surface area contributed by atoms with Crippen LogP contribution in [-0.4, -0.2) is 46.8 Å². The van der Waals surface area contributed by atoms with Gasteiger partial charge in [-0.1, -0.05) is 35.9 Å². The molecule has 0 aliphatic heterocycles. The molecule has 1 atom stereocenters. The first kappa shape index (κ1) is 29.4. The fourth-order valence-electron chi connectivity index (χ4n) is 3.99. The van der Waals surface area contributed by atoms with Crippen molar-refractivity contribution in [2.75, 3.05) is 19.7 Å². The summed E-state index contributed by atoms with van der Waals surface area (Å²) in [5, 5.41) is 8.38. The average molecular weight is 563 g/mol. The van der Waals surface area contributed by atoms with Crippen molar-refractivity contribution in [3.63, 3.8) is 0 Å². The van der Waals surface area contributed by atoms with Crippen LogP contribution >= 0.6 is 11.6 Å². The Balaban J connectivity index is 1.76. The summed E-state index contributed by atoms with van der Waals surface area (Å²) in [6.45, 7) is -0.619. The number of aromatic amines is 1. The molecule has 0 amide bonds. The molecule has 3 aromatic rings. The van der Waals surface area contributed by atoms with Crippen LogP contribution in [0.3, 0.4) is 0 Å². The number of halogens is 7. The van der Waals surface area contributed by atoms with E-state index in [0.29, 0.717) is 11.3 Å². The lowest BCUT2D eigenvalue weighted by atomic mass is 10.0. The van der Waals surface area contributed by atoms with Gasteiger partial charge in [-0.05, 0) is 47.9 Å². The van der Waals surface area contributed by atoms with E-state index in [1.807, 2.05) is 0 Å². The average Bonchev–Trinajstić information content (AvgIpc) is 3.34. The quantitative estimate of drug-likeness (QED) is 0.186. The molecule has 0 saturated heterocycles. The number of aromatic nitrogens is 1. The molecule has 2 aromatic carbocycles. The van der Waals surface area contributed by atoms with Crippen molar-refractivity contribution in [1.82, 2.24) is 9.88 Å². The molecule has 0 radical (unpaired) electrons. The van der Waals surface area contributed by atoms with Gasteiger partial charge in [0.25, 0.3) is 0 Å². The summed E-state index contributed by atoms with van der Waals surface area (Å²) in [5.74, 6) is -2.51. The van der Waals surface area contributed by atoms with Crippen molar-refractivity contribution in [2.24, 2.45) is 0 Å². The van der Waals surface area contributed by atoms with Gasteiger partial charge in [0.15, 0.2) is 0 Å². The van der Waals surface area contributed by atoms with Gasteiger partial charge in [-0.15, -0.1) is 0 Å². The first-order valence-corrected chi connectivity index (χ1v) is 11.9. The molecule has 1 heterocycles. The number of carboxylic acid groups (broad SMARTS) is 1. The molecule has 12 heteroatoms. The van der Waals surface area contributed by atoms with Crippen LogP contribution in [0.4, 0.5) is 26.3 Å². The fourth-order valence-corrected chi connectivity index (χ4v) is 4.28. The van der Waals surface area contributed by atoms with Crippen LogP contribution in [0.1, 0.15) is 34.7 Å². The maximum absolute atomic E-state index is 13.9. The number of benzene rings is 2. The van der Waals surface area contributed by atoms with Crippen molar-refractivity contribution in [1.29, 1.82) is 0 Å². The lowest BCUT2D eigenvalue weighted by Crippen LogP contribution is -2.36.